The summed E-state index contributed by atoms with van der Waals surface area (Å²) >= 11 is 0. The maximum Gasteiger partial charge on any atom is 0.411 e. The molecule has 1 fully saturated rings. The number of benzene rings is 1. The van der Waals surface area contributed by atoms with Crippen molar-refractivity contribution in [2.24, 2.45) is 0 Å². The Hall–Kier alpha value is -2.04. The number of carbonyl (C=O) groups is 2. The zero-order chi connectivity index (χ0) is 15.3. The Morgan fingerprint density at radius 2 is 2.05 bits per heavy atom. The monoisotopic (exact) mass is 291 g/mol. The molecule has 1 aliphatic heterocycles. The minimum Gasteiger partial charge on any atom is -0.479 e. The second-order valence-corrected chi connectivity index (χ2v) is 5.38. The van der Waals surface area contributed by atoms with Crippen LogP contribution in [-0.4, -0.2) is 34.2 Å². The van der Waals surface area contributed by atoms with Gasteiger partial charge in [-0.2, -0.15) is 0 Å². The predicted molar refractivity (Wildman–Crippen MR) is 77.8 cm³/mol. The van der Waals surface area contributed by atoms with Gasteiger partial charge in [-0.25, -0.2) is 9.59 Å². The van der Waals surface area contributed by atoms with Gasteiger partial charge in [0.05, 0.1) is 0 Å². The van der Waals surface area contributed by atoms with E-state index in [1.807, 2.05) is 37.3 Å². The molecule has 1 N–H and O–H groups in total. The van der Waals surface area contributed by atoms with E-state index in [1.165, 1.54) is 4.90 Å². The molecule has 0 spiro atoms. The molecule has 114 valence electrons. The first kappa shape index (κ1) is 15.4. The van der Waals surface area contributed by atoms with Crippen LogP contribution in [0, 0.1) is 0 Å². The Balaban J connectivity index is 2.05. The number of amides is 1. The van der Waals surface area contributed by atoms with E-state index in [1.54, 1.807) is 0 Å². The number of hydrogen-bond acceptors (Lipinski definition) is 3. The summed E-state index contributed by atoms with van der Waals surface area (Å²) in [5.74, 6) is -0.932. The van der Waals surface area contributed by atoms with Crippen molar-refractivity contribution in [2.75, 3.05) is 6.54 Å². The Labute approximate surface area is 124 Å². The maximum absolute atomic E-state index is 12.3. The zero-order valence-electron chi connectivity index (χ0n) is 12.2. The van der Waals surface area contributed by atoms with Crippen molar-refractivity contribution < 1.29 is 19.4 Å². The molecular weight excluding hydrogens is 270 g/mol. The molecule has 0 bridgehead atoms. The molecule has 1 heterocycles. The summed E-state index contributed by atoms with van der Waals surface area (Å²) in [5, 5.41) is 9.55. The van der Waals surface area contributed by atoms with Crippen LogP contribution in [0.4, 0.5) is 4.79 Å². The third-order valence-corrected chi connectivity index (χ3v) is 3.98. The largest absolute Gasteiger partial charge is 0.479 e. The van der Waals surface area contributed by atoms with Crippen molar-refractivity contribution in [3.05, 3.63) is 35.9 Å². The number of carboxylic acids is 1. The molecule has 5 heteroatoms. The van der Waals surface area contributed by atoms with Crippen molar-refractivity contribution in [2.45, 2.75) is 44.8 Å². The highest BCUT2D eigenvalue weighted by atomic mass is 16.6. The summed E-state index contributed by atoms with van der Waals surface area (Å²) in [7, 11) is 0. The lowest BCUT2D eigenvalue weighted by atomic mass is 9.91. The molecule has 0 aliphatic carbocycles. The number of aliphatic carboxylic acids is 1. The Morgan fingerprint density at radius 3 is 2.67 bits per heavy atom. The molecule has 1 amide bonds. The van der Waals surface area contributed by atoms with Crippen molar-refractivity contribution >= 4 is 12.1 Å². The van der Waals surface area contributed by atoms with Crippen LogP contribution in [-0.2, 0) is 16.1 Å². The molecular formula is C16H21NO4. The molecule has 1 unspecified atom stereocenters. The molecule has 1 aromatic rings. The quantitative estimate of drug-likeness (QED) is 0.905. The van der Waals surface area contributed by atoms with Crippen LogP contribution in [0.25, 0.3) is 0 Å². The molecule has 1 aliphatic rings. The van der Waals surface area contributed by atoms with Gasteiger partial charge in [-0.3, -0.25) is 4.90 Å². The van der Waals surface area contributed by atoms with E-state index in [0.29, 0.717) is 25.8 Å². The first-order valence-electron chi connectivity index (χ1n) is 7.32. The Kier molecular flexibility index (Phi) is 4.83. The van der Waals surface area contributed by atoms with Gasteiger partial charge in [0.2, 0.25) is 0 Å². The Bertz CT molecular complexity index is 502. The molecule has 1 aromatic carbocycles. The third kappa shape index (κ3) is 3.17. The van der Waals surface area contributed by atoms with Gasteiger partial charge in [-0.1, -0.05) is 43.7 Å². The van der Waals surface area contributed by atoms with Crippen LogP contribution in [0.15, 0.2) is 30.3 Å². The highest BCUT2D eigenvalue weighted by Gasteiger charge is 2.49. The summed E-state index contributed by atoms with van der Waals surface area (Å²) < 4.78 is 5.29. The van der Waals surface area contributed by atoms with E-state index in [9.17, 15) is 14.7 Å². The summed E-state index contributed by atoms with van der Waals surface area (Å²) in [4.78, 5) is 25.3. The fourth-order valence-corrected chi connectivity index (χ4v) is 2.94. The average molecular weight is 291 g/mol. The van der Waals surface area contributed by atoms with E-state index < -0.39 is 17.6 Å². The Morgan fingerprint density at radius 1 is 1.33 bits per heavy atom. The predicted octanol–water partition coefficient (Wildman–Crippen LogP) is 3.04. The number of nitrogens with zero attached hydrogens (tertiary/aromatic N) is 1. The van der Waals surface area contributed by atoms with Gasteiger partial charge in [0.1, 0.15) is 12.1 Å². The van der Waals surface area contributed by atoms with Gasteiger partial charge in [-0.05, 0) is 24.8 Å². The zero-order valence-corrected chi connectivity index (χ0v) is 12.2. The van der Waals surface area contributed by atoms with Gasteiger partial charge >= 0.3 is 12.1 Å². The minimum absolute atomic E-state index is 0.165. The lowest BCUT2D eigenvalue weighted by Crippen LogP contribution is -2.53. The normalized spacial score (nSPS) is 21.3. The van der Waals surface area contributed by atoms with Crippen LogP contribution in [0.2, 0.25) is 0 Å². The third-order valence-electron chi connectivity index (χ3n) is 3.98. The van der Waals surface area contributed by atoms with Crippen LogP contribution in [0.3, 0.4) is 0 Å². The smallest absolute Gasteiger partial charge is 0.411 e. The highest BCUT2D eigenvalue weighted by Crippen LogP contribution is 2.34. The number of ether oxygens (including phenoxy) is 1. The summed E-state index contributed by atoms with van der Waals surface area (Å²) in [6.45, 7) is 2.54. The lowest BCUT2D eigenvalue weighted by molar-refractivity contribution is -0.149. The molecule has 0 saturated carbocycles. The van der Waals surface area contributed by atoms with Crippen LogP contribution in [0.5, 0.6) is 0 Å². The van der Waals surface area contributed by atoms with Gasteiger partial charge in [0, 0.05) is 6.54 Å². The lowest BCUT2D eigenvalue weighted by Gasteiger charge is -2.33. The number of carboxylic acid groups (broad SMARTS) is 1. The number of likely N-dealkylation sites (tertiary alicyclic amines) is 1. The van der Waals surface area contributed by atoms with Crippen molar-refractivity contribution in [1.82, 2.24) is 4.90 Å². The molecule has 2 rings (SSSR count). The second kappa shape index (κ2) is 6.61. The molecule has 21 heavy (non-hydrogen) atoms. The van der Waals surface area contributed by atoms with Crippen LogP contribution < -0.4 is 0 Å². The average Bonchev–Trinajstić information content (AvgIpc) is 2.91. The van der Waals surface area contributed by atoms with Gasteiger partial charge < -0.3 is 9.84 Å². The first-order valence-corrected chi connectivity index (χ1v) is 7.32. The molecule has 1 atom stereocenters. The highest BCUT2D eigenvalue weighted by molar-refractivity contribution is 5.85. The van der Waals surface area contributed by atoms with Crippen molar-refractivity contribution in [3.8, 4) is 0 Å². The van der Waals surface area contributed by atoms with Crippen LogP contribution in [0.1, 0.15) is 38.2 Å². The molecule has 5 nitrogen and oxygen atoms in total. The number of hydrogen-bond donors (Lipinski definition) is 1. The molecule has 0 radical (unpaired) electrons. The standard InChI is InChI=1S/C16H21NO4/c1-2-9-16(14(18)19)10-6-11-17(16)15(20)21-12-13-7-4-3-5-8-13/h3-5,7-8H,2,6,9-12H2,1H3,(H,18,19). The minimum atomic E-state index is -1.09. The van der Waals surface area contributed by atoms with E-state index in [4.69, 9.17) is 4.74 Å². The topological polar surface area (TPSA) is 66.8 Å². The molecule has 1 saturated heterocycles. The fraction of sp³-hybridized carbons (Fsp3) is 0.500. The summed E-state index contributed by atoms with van der Waals surface area (Å²) in [6.07, 6.45) is 1.84. The number of rotatable bonds is 5. The summed E-state index contributed by atoms with van der Waals surface area (Å²) in [5.41, 5.74) is -0.204. The van der Waals surface area contributed by atoms with Gasteiger partial charge in [-0.15, -0.1) is 0 Å². The fourth-order valence-electron chi connectivity index (χ4n) is 2.94. The summed E-state index contributed by atoms with van der Waals surface area (Å²) in [6, 6.07) is 9.37. The SMILES string of the molecule is CCCC1(C(=O)O)CCCN1C(=O)OCc1ccccc1. The number of carbonyl (C=O) groups excluding carboxylic acids is 1. The maximum atomic E-state index is 12.3. The van der Waals surface area contributed by atoms with Gasteiger partial charge in [0.25, 0.3) is 0 Å². The second-order valence-electron chi connectivity index (χ2n) is 5.38. The van der Waals surface area contributed by atoms with E-state index in [2.05, 4.69) is 0 Å². The van der Waals surface area contributed by atoms with Crippen LogP contribution >= 0.6 is 0 Å². The molecule has 0 aromatic heterocycles. The first-order chi connectivity index (χ1) is 10.1. The van der Waals surface area contributed by atoms with E-state index in [-0.39, 0.29) is 6.61 Å². The van der Waals surface area contributed by atoms with Crippen molar-refractivity contribution in [1.29, 1.82) is 0 Å². The van der Waals surface area contributed by atoms with Crippen molar-refractivity contribution in [3.63, 3.8) is 0 Å². The van der Waals surface area contributed by atoms with Gasteiger partial charge in [0.15, 0.2) is 0 Å². The van der Waals surface area contributed by atoms with E-state index >= 15 is 0 Å². The van der Waals surface area contributed by atoms with E-state index in [0.717, 1.165) is 12.0 Å².